The van der Waals surface area contributed by atoms with Gasteiger partial charge in [0.1, 0.15) is 0 Å². The van der Waals surface area contributed by atoms with E-state index in [-0.39, 0.29) is 0 Å². The van der Waals surface area contributed by atoms with Crippen molar-refractivity contribution in [2.75, 3.05) is 4.90 Å². The predicted octanol–water partition coefficient (Wildman–Crippen LogP) is 19.7. The Morgan fingerprint density at radius 1 is 0.288 bits per heavy atom. The van der Waals surface area contributed by atoms with Gasteiger partial charge in [-0.2, -0.15) is 0 Å². The van der Waals surface area contributed by atoms with Crippen LogP contribution in [0.3, 0.4) is 0 Å². The highest BCUT2D eigenvalue weighted by atomic mass is 32.1. The van der Waals surface area contributed by atoms with Crippen LogP contribution in [0.2, 0.25) is 0 Å². The lowest BCUT2D eigenvalue weighted by Crippen LogP contribution is -2.28. The highest BCUT2D eigenvalue weighted by Crippen LogP contribution is 2.57. The Balaban J connectivity index is 0.873. The van der Waals surface area contributed by atoms with Crippen LogP contribution in [0.1, 0.15) is 22.3 Å². The number of hydrogen-bond acceptors (Lipinski definition) is 2. The zero-order valence-electron chi connectivity index (χ0n) is 40.0. The number of hydrogen-bond donors (Lipinski definition) is 0. The molecular weight excluding hydrogens is 899 g/mol. The molecule has 14 rings (SSSR count). The van der Waals surface area contributed by atoms with Crippen LogP contribution in [0.25, 0.3) is 86.6 Å². The summed E-state index contributed by atoms with van der Waals surface area (Å²) >= 11 is 1.88. The Bertz CT molecular complexity index is 4150. The molecule has 2 heteroatoms. The van der Waals surface area contributed by atoms with Crippen LogP contribution in [-0.4, -0.2) is 0 Å². The normalized spacial score (nSPS) is 12.5. The standard InChI is InChI=1S/C71H47NS/c1-3-21-56(22-4-1)71(57-23-5-2-6-24-57)66-30-12-9-26-62(66)63-44-39-53(47-67(63)71)50-37-42-59(43-38-50)72(68-31-13-10-25-60(68)55-34-33-48-17-7-8-18-51(48)46-55)58-40-35-49(36-41-58)52-19-15-20-54(45-52)61-28-16-29-65-64-27-11-14-32-69(64)73-70(61)65/h1-47H. The summed E-state index contributed by atoms with van der Waals surface area (Å²) in [6, 6.07) is 105. The molecule has 0 atom stereocenters. The van der Waals surface area contributed by atoms with Crippen molar-refractivity contribution in [2.24, 2.45) is 0 Å². The van der Waals surface area contributed by atoms with Crippen molar-refractivity contribution in [3.63, 3.8) is 0 Å². The second-order valence-electron chi connectivity index (χ2n) is 19.2. The molecule has 1 aliphatic rings. The van der Waals surface area contributed by atoms with E-state index in [4.69, 9.17) is 0 Å². The number of thiophene rings is 1. The van der Waals surface area contributed by atoms with E-state index in [1.165, 1.54) is 109 Å². The van der Waals surface area contributed by atoms with E-state index in [0.29, 0.717) is 0 Å². The SMILES string of the molecule is c1ccc(C2(c3ccccc3)c3ccccc3-c3ccc(-c4ccc(N(c5ccc(-c6cccc(-c7cccc8c7sc7ccccc78)c6)cc5)c5ccccc5-c5ccc6ccccc6c5)cc4)cc32)cc1. The van der Waals surface area contributed by atoms with Gasteiger partial charge < -0.3 is 4.90 Å². The molecule has 0 unspecified atom stereocenters. The molecule has 0 saturated carbocycles. The lowest BCUT2D eigenvalue weighted by Gasteiger charge is -2.34. The van der Waals surface area contributed by atoms with Crippen molar-refractivity contribution < 1.29 is 0 Å². The first-order chi connectivity index (χ1) is 36.2. The van der Waals surface area contributed by atoms with Crippen LogP contribution >= 0.6 is 11.3 Å². The molecule has 0 bridgehead atoms. The third-order valence-corrected chi connectivity index (χ3v) is 16.4. The number of para-hydroxylation sites is 1. The van der Waals surface area contributed by atoms with Crippen molar-refractivity contribution in [3.05, 3.63) is 307 Å². The minimum absolute atomic E-state index is 0.464. The van der Waals surface area contributed by atoms with Crippen LogP contribution in [0.4, 0.5) is 17.1 Å². The Hall–Kier alpha value is -9.08. The van der Waals surface area contributed by atoms with E-state index >= 15 is 0 Å². The average molecular weight is 946 g/mol. The number of rotatable bonds is 9. The summed E-state index contributed by atoms with van der Waals surface area (Å²) in [7, 11) is 0. The fourth-order valence-electron chi connectivity index (χ4n) is 11.8. The maximum Gasteiger partial charge on any atom is 0.0713 e. The van der Waals surface area contributed by atoms with Crippen LogP contribution < -0.4 is 4.90 Å². The molecule has 342 valence electrons. The van der Waals surface area contributed by atoms with E-state index < -0.39 is 5.41 Å². The molecule has 0 amide bonds. The van der Waals surface area contributed by atoms with Gasteiger partial charge in [-0.3, -0.25) is 0 Å². The Morgan fingerprint density at radius 3 is 1.56 bits per heavy atom. The zero-order chi connectivity index (χ0) is 48.3. The molecule has 73 heavy (non-hydrogen) atoms. The van der Waals surface area contributed by atoms with E-state index in [0.717, 1.165) is 17.1 Å². The maximum absolute atomic E-state index is 2.45. The minimum Gasteiger partial charge on any atom is -0.310 e. The Labute approximate surface area is 430 Å². The van der Waals surface area contributed by atoms with Gasteiger partial charge in [-0.25, -0.2) is 0 Å². The fourth-order valence-corrected chi connectivity index (χ4v) is 13.0. The Kier molecular flexibility index (Phi) is 10.3. The van der Waals surface area contributed by atoms with Crippen molar-refractivity contribution >= 4 is 59.3 Å². The molecule has 12 aromatic carbocycles. The summed E-state index contributed by atoms with van der Waals surface area (Å²) in [4.78, 5) is 2.42. The van der Waals surface area contributed by atoms with Crippen molar-refractivity contribution in [1.82, 2.24) is 0 Å². The van der Waals surface area contributed by atoms with E-state index in [1.54, 1.807) is 0 Å². The second-order valence-corrected chi connectivity index (χ2v) is 20.2. The molecule has 0 fully saturated rings. The summed E-state index contributed by atoms with van der Waals surface area (Å²) in [5.74, 6) is 0. The first kappa shape index (κ1) is 42.8. The van der Waals surface area contributed by atoms with Crippen LogP contribution in [0.5, 0.6) is 0 Å². The molecule has 1 aliphatic carbocycles. The summed E-state index contributed by atoms with van der Waals surface area (Å²) in [6.45, 7) is 0. The molecule has 0 N–H and O–H groups in total. The predicted molar refractivity (Wildman–Crippen MR) is 311 cm³/mol. The molecule has 1 nitrogen and oxygen atoms in total. The van der Waals surface area contributed by atoms with Crippen LogP contribution in [0.15, 0.2) is 285 Å². The highest BCUT2D eigenvalue weighted by molar-refractivity contribution is 7.26. The third kappa shape index (κ3) is 7.13. The molecule has 0 spiro atoms. The molecule has 13 aromatic rings. The van der Waals surface area contributed by atoms with Crippen molar-refractivity contribution in [1.29, 1.82) is 0 Å². The maximum atomic E-state index is 2.45. The minimum atomic E-state index is -0.464. The van der Waals surface area contributed by atoms with Gasteiger partial charge in [-0.05, 0) is 138 Å². The molecule has 0 aliphatic heterocycles. The third-order valence-electron chi connectivity index (χ3n) is 15.2. The van der Waals surface area contributed by atoms with Gasteiger partial charge in [-0.1, -0.05) is 231 Å². The van der Waals surface area contributed by atoms with Gasteiger partial charge in [0.2, 0.25) is 0 Å². The second kappa shape index (κ2) is 17.6. The largest absolute Gasteiger partial charge is 0.310 e. The topological polar surface area (TPSA) is 3.24 Å². The van der Waals surface area contributed by atoms with Crippen LogP contribution in [0, 0.1) is 0 Å². The van der Waals surface area contributed by atoms with Crippen molar-refractivity contribution in [3.8, 4) is 55.6 Å². The Morgan fingerprint density at radius 2 is 0.808 bits per heavy atom. The van der Waals surface area contributed by atoms with E-state index in [9.17, 15) is 0 Å². The quantitative estimate of drug-likeness (QED) is 0.139. The average Bonchev–Trinajstić information content (AvgIpc) is 4.00. The van der Waals surface area contributed by atoms with E-state index in [2.05, 4.69) is 290 Å². The first-order valence-electron chi connectivity index (χ1n) is 25.1. The van der Waals surface area contributed by atoms with Gasteiger partial charge in [-0.15, -0.1) is 11.3 Å². The lowest BCUT2D eigenvalue weighted by molar-refractivity contribution is 0.769. The summed E-state index contributed by atoms with van der Waals surface area (Å²) in [6.07, 6.45) is 0. The van der Waals surface area contributed by atoms with Gasteiger partial charge in [0, 0.05) is 37.1 Å². The monoisotopic (exact) mass is 945 g/mol. The van der Waals surface area contributed by atoms with Crippen molar-refractivity contribution in [2.45, 2.75) is 5.41 Å². The summed E-state index contributed by atoms with van der Waals surface area (Å²) < 4.78 is 2.65. The molecule has 1 heterocycles. The molecule has 0 radical (unpaired) electrons. The number of fused-ring (bicyclic) bond motifs is 7. The van der Waals surface area contributed by atoms with Gasteiger partial charge >= 0.3 is 0 Å². The van der Waals surface area contributed by atoms with E-state index in [1.807, 2.05) is 11.3 Å². The van der Waals surface area contributed by atoms with Gasteiger partial charge in [0.25, 0.3) is 0 Å². The molecular formula is C71H47NS. The number of benzene rings is 12. The van der Waals surface area contributed by atoms with Gasteiger partial charge in [0.15, 0.2) is 0 Å². The van der Waals surface area contributed by atoms with Crippen LogP contribution in [-0.2, 0) is 5.41 Å². The first-order valence-corrected chi connectivity index (χ1v) is 26.0. The number of anilines is 3. The molecule has 0 saturated heterocycles. The summed E-state index contributed by atoms with van der Waals surface area (Å²) in [5.41, 5.74) is 20.1. The number of nitrogens with zero attached hydrogens (tertiary/aromatic N) is 1. The summed E-state index contributed by atoms with van der Waals surface area (Å²) in [5, 5.41) is 5.09. The smallest absolute Gasteiger partial charge is 0.0713 e. The highest BCUT2D eigenvalue weighted by Gasteiger charge is 2.46. The zero-order valence-corrected chi connectivity index (χ0v) is 40.8. The fraction of sp³-hybridized carbons (Fsp3) is 0.0141. The van der Waals surface area contributed by atoms with Gasteiger partial charge in [0.05, 0.1) is 11.1 Å². The lowest BCUT2D eigenvalue weighted by atomic mass is 9.67. The molecule has 1 aromatic heterocycles.